The van der Waals surface area contributed by atoms with E-state index in [9.17, 15) is 13.8 Å². The molecule has 2 unspecified atom stereocenters. The average Bonchev–Trinajstić information content (AvgIpc) is 2.65. The molecule has 0 heterocycles. The zero-order valence-corrected chi connectivity index (χ0v) is 15.3. The fourth-order valence-corrected chi connectivity index (χ4v) is 3.93. The lowest BCUT2D eigenvalue weighted by Gasteiger charge is -2.27. The van der Waals surface area contributed by atoms with Crippen molar-refractivity contribution in [1.29, 1.82) is 0 Å². The summed E-state index contributed by atoms with van der Waals surface area (Å²) in [6.45, 7) is 0. The number of hydrogen-bond donors (Lipinski definition) is 0. The number of carbonyl (C=O) groups is 2. The number of methoxy groups -OCH3 is 1. The lowest BCUT2D eigenvalue weighted by atomic mass is 9.90. The normalized spacial score (nSPS) is 14.3. The van der Waals surface area contributed by atoms with Crippen LogP contribution in [0.25, 0.3) is 0 Å². The maximum atomic E-state index is 13.0. The zero-order valence-electron chi connectivity index (χ0n) is 14.4. The molecule has 0 saturated heterocycles. The summed E-state index contributed by atoms with van der Waals surface area (Å²) >= 11 is 0. The summed E-state index contributed by atoms with van der Waals surface area (Å²) in [7, 11) is -0.483. The standard InChI is InChI=1S/C20H22O4S/c1-24-19(22)20(25(2)23,15-17-11-7-4-8-12-17)18(21)14-13-16-9-5-3-6-10-16/h3-12H,13-15H2,1-2H3. The Labute approximate surface area is 150 Å². The second-order valence-corrected chi connectivity index (χ2v) is 7.45. The molecule has 0 amide bonds. The number of benzene rings is 2. The quantitative estimate of drug-likeness (QED) is 0.538. The van der Waals surface area contributed by atoms with E-state index < -0.39 is 21.5 Å². The molecule has 4 nitrogen and oxygen atoms in total. The minimum atomic E-state index is -1.70. The van der Waals surface area contributed by atoms with Gasteiger partial charge in [-0.3, -0.25) is 9.00 Å². The van der Waals surface area contributed by atoms with E-state index in [0.717, 1.165) is 11.1 Å². The van der Waals surface area contributed by atoms with Crippen LogP contribution in [0.2, 0.25) is 0 Å². The van der Waals surface area contributed by atoms with Crippen LogP contribution in [0.5, 0.6) is 0 Å². The molecule has 2 aromatic carbocycles. The summed E-state index contributed by atoms with van der Waals surface area (Å²) in [5.41, 5.74) is 1.77. The summed E-state index contributed by atoms with van der Waals surface area (Å²) in [6, 6.07) is 18.7. The summed E-state index contributed by atoms with van der Waals surface area (Å²) in [5.74, 6) is -1.09. The molecule has 0 bridgehead atoms. The number of ether oxygens (including phenoxy) is 1. The molecule has 0 N–H and O–H groups in total. The first-order valence-corrected chi connectivity index (χ1v) is 9.59. The van der Waals surface area contributed by atoms with Crippen molar-refractivity contribution in [2.75, 3.05) is 13.4 Å². The Balaban J connectivity index is 2.30. The lowest BCUT2D eigenvalue weighted by molar-refractivity contribution is -0.147. The van der Waals surface area contributed by atoms with E-state index in [1.165, 1.54) is 13.4 Å². The molecule has 132 valence electrons. The molecule has 25 heavy (non-hydrogen) atoms. The van der Waals surface area contributed by atoms with E-state index in [4.69, 9.17) is 4.74 Å². The Hall–Kier alpha value is -2.27. The van der Waals surface area contributed by atoms with E-state index in [0.29, 0.717) is 6.42 Å². The smallest absolute Gasteiger partial charge is 0.332 e. The lowest BCUT2D eigenvalue weighted by Crippen LogP contribution is -2.52. The van der Waals surface area contributed by atoms with Crippen molar-refractivity contribution < 1.29 is 18.5 Å². The maximum Gasteiger partial charge on any atom is 0.332 e. The van der Waals surface area contributed by atoms with E-state index >= 15 is 0 Å². The van der Waals surface area contributed by atoms with E-state index in [-0.39, 0.29) is 18.6 Å². The molecule has 0 aliphatic carbocycles. The number of carbonyl (C=O) groups excluding carboxylic acids is 2. The van der Waals surface area contributed by atoms with E-state index in [1.807, 2.05) is 60.7 Å². The maximum absolute atomic E-state index is 13.0. The number of ketones is 1. The third kappa shape index (κ3) is 4.42. The molecule has 0 fully saturated rings. The minimum Gasteiger partial charge on any atom is -0.468 e. The number of esters is 1. The van der Waals surface area contributed by atoms with Crippen LogP contribution in [0, 0.1) is 0 Å². The number of rotatable bonds is 8. The van der Waals surface area contributed by atoms with Gasteiger partial charge in [0.1, 0.15) is 0 Å². The SMILES string of the molecule is COC(=O)C(Cc1ccccc1)(C(=O)CCc1ccccc1)S(C)=O. The second kappa shape index (κ2) is 8.72. The second-order valence-electron chi connectivity index (χ2n) is 5.84. The summed E-state index contributed by atoms with van der Waals surface area (Å²) in [5, 5.41) is 0. The van der Waals surface area contributed by atoms with Crippen molar-refractivity contribution in [3.05, 3.63) is 71.8 Å². The monoisotopic (exact) mass is 358 g/mol. The Kier molecular flexibility index (Phi) is 6.65. The molecule has 0 saturated carbocycles. The topological polar surface area (TPSA) is 60.4 Å². The zero-order chi connectivity index (χ0) is 18.3. The first-order valence-electron chi connectivity index (χ1n) is 8.04. The van der Waals surface area contributed by atoms with E-state index in [2.05, 4.69) is 0 Å². The van der Waals surface area contributed by atoms with Gasteiger partial charge in [-0.05, 0) is 17.5 Å². The van der Waals surface area contributed by atoms with Gasteiger partial charge in [0.2, 0.25) is 4.75 Å². The number of Topliss-reactive ketones (excluding diaryl/α,β-unsaturated/α-hetero) is 1. The Morgan fingerprint density at radius 1 is 0.960 bits per heavy atom. The average molecular weight is 358 g/mol. The summed E-state index contributed by atoms with van der Waals surface area (Å²) in [4.78, 5) is 25.5. The Morgan fingerprint density at radius 3 is 1.96 bits per heavy atom. The minimum absolute atomic E-state index is 0.0667. The molecule has 0 aliphatic heterocycles. The van der Waals surface area contributed by atoms with Crippen LogP contribution >= 0.6 is 0 Å². The highest BCUT2D eigenvalue weighted by molar-refractivity contribution is 7.87. The summed E-state index contributed by atoms with van der Waals surface area (Å²) in [6.07, 6.45) is 2.08. The molecule has 2 aromatic rings. The van der Waals surface area contributed by atoms with Crippen LogP contribution < -0.4 is 0 Å². The number of hydrogen-bond acceptors (Lipinski definition) is 4. The van der Waals surface area contributed by atoms with Gasteiger partial charge >= 0.3 is 5.97 Å². The van der Waals surface area contributed by atoms with E-state index in [1.54, 1.807) is 0 Å². The highest BCUT2D eigenvalue weighted by atomic mass is 32.2. The molecule has 5 heteroatoms. The van der Waals surface area contributed by atoms with Crippen LogP contribution in [0.4, 0.5) is 0 Å². The molecule has 0 aromatic heterocycles. The molecule has 2 atom stereocenters. The first-order chi connectivity index (χ1) is 12.0. The van der Waals surface area contributed by atoms with Crippen molar-refractivity contribution in [1.82, 2.24) is 0 Å². The van der Waals surface area contributed by atoms with Crippen molar-refractivity contribution in [3.63, 3.8) is 0 Å². The van der Waals surface area contributed by atoms with Gasteiger partial charge in [-0.25, -0.2) is 4.79 Å². The van der Waals surface area contributed by atoms with Crippen LogP contribution in [0.3, 0.4) is 0 Å². The van der Waals surface area contributed by atoms with Crippen molar-refractivity contribution in [2.45, 2.75) is 24.0 Å². The van der Waals surface area contributed by atoms with Gasteiger partial charge in [-0.1, -0.05) is 60.7 Å². The predicted molar refractivity (Wildman–Crippen MR) is 98.7 cm³/mol. The van der Waals surface area contributed by atoms with Crippen LogP contribution in [-0.4, -0.2) is 34.1 Å². The van der Waals surface area contributed by atoms with Gasteiger partial charge in [0.05, 0.1) is 7.11 Å². The van der Waals surface area contributed by atoms with Crippen molar-refractivity contribution in [2.24, 2.45) is 0 Å². The highest BCUT2D eigenvalue weighted by Crippen LogP contribution is 2.25. The Bertz CT molecular complexity index is 743. The molecule has 0 radical (unpaired) electrons. The molecular formula is C20H22O4S. The fraction of sp³-hybridized carbons (Fsp3) is 0.300. The predicted octanol–water partition coefficient (Wildman–Crippen LogP) is 2.72. The molecular weight excluding hydrogens is 336 g/mol. The van der Waals surface area contributed by atoms with Gasteiger partial charge in [0.25, 0.3) is 0 Å². The van der Waals surface area contributed by atoms with Crippen LogP contribution in [0.1, 0.15) is 17.5 Å². The summed E-state index contributed by atoms with van der Waals surface area (Å²) < 4.78 is 15.7. The third-order valence-corrected chi connectivity index (χ3v) is 5.76. The number of aryl methyl sites for hydroxylation is 1. The Morgan fingerprint density at radius 2 is 1.48 bits per heavy atom. The van der Waals surface area contributed by atoms with Gasteiger partial charge in [0, 0.05) is 29.9 Å². The fourth-order valence-electron chi connectivity index (χ4n) is 2.82. The van der Waals surface area contributed by atoms with Gasteiger partial charge in [0.15, 0.2) is 5.78 Å². The van der Waals surface area contributed by atoms with Gasteiger partial charge in [-0.2, -0.15) is 0 Å². The van der Waals surface area contributed by atoms with Crippen molar-refractivity contribution >= 4 is 22.6 Å². The van der Waals surface area contributed by atoms with Crippen LogP contribution in [0.15, 0.2) is 60.7 Å². The molecule has 2 rings (SSSR count). The highest BCUT2D eigenvalue weighted by Gasteiger charge is 2.50. The van der Waals surface area contributed by atoms with Crippen molar-refractivity contribution in [3.8, 4) is 0 Å². The molecule has 0 spiro atoms. The van der Waals surface area contributed by atoms with Gasteiger partial charge in [-0.15, -0.1) is 0 Å². The largest absolute Gasteiger partial charge is 0.468 e. The third-order valence-electron chi connectivity index (χ3n) is 4.24. The van der Waals surface area contributed by atoms with Crippen LogP contribution in [-0.2, 0) is 38.0 Å². The first kappa shape index (κ1) is 19.1. The molecule has 0 aliphatic rings. The van der Waals surface area contributed by atoms with Gasteiger partial charge < -0.3 is 4.74 Å².